The fourth-order valence-electron chi connectivity index (χ4n) is 7.27. The zero-order valence-electron chi connectivity index (χ0n) is 28.6. The predicted octanol–water partition coefficient (Wildman–Crippen LogP) is 3.02. The summed E-state index contributed by atoms with van der Waals surface area (Å²) in [5.41, 5.74) is -2.34. The van der Waals surface area contributed by atoms with Crippen LogP contribution in [0.1, 0.15) is 102 Å². The minimum atomic E-state index is -1.73. The van der Waals surface area contributed by atoms with Crippen LogP contribution in [0.2, 0.25) is 0 Å². The fourth-order valence-corrected chi connectivity index (χ4v) is 7.27. The number of carbonyl (C=O) groups excluding carboxylic acids is 3. The molecular formula is C37H42O14. The average molecular weight is 711 g/mol. The number of aromatic hydroxyl groups is 2. The highest BCUT2D eigenvalue weighted by Gasteiger charge is 2.43. The van der Waals surface area contributed by atoms with Gasteiger partial charge in [-0.25, -0.2) is 0 Å². The Morgan fingerprint density at radius 3 is 2.20 bits per heavy atom. The van der Waals surface area contributed by atoms with E-state index < -0.39 is 84.2 Å². The number of hydrogen-bond acceptors (Lipinski definition) is 13. The van der Waals surface area contributed by atoms with Crippen LogP contribution in [0, 0.1) is 0 Å². The van der Waals surface area contributed by atoms with Gasteiger partial charge in [0, 0.05) is 36.0 Å². The molecule has 3 heterocycles. The highest BCUT2D eigenvalue weighted by molar-refractivity contribution is 6.30. The lowest BCUT2D eigenvalue weighted by molar-refractivity contribution is -0.292. The third kappa shape index (κ3) is 7.35. The van der Waals surface area contributed by atoms with Gasteiger partial charge in [0.05, 0.1) is 53.7 Å². The Labute approximate surface area is 293 Å². The van der Waals surface area contributed by atoms with Crippen molar-refractivity contribution in [3.63, 3.8) is 0 Å². The van der Waals surface area contributed by atoms with E-state index in [0.717, 1.165) is 0 Å². The zero-order valence-corrected chi connectivity index (χ0v) is 28.6. The van der Waals surface area contributed by atoms with E-state index in [0.29, 0.717) is 12.8 Å². The Bertz CT molecular complexity index is 1750. The second-order valence-electron chi connectivity index (χ2n) is 14.0. The smallest absolute Gasteiger partial charge is 0.306 e. The van der Waals surface area contributed by atoms with Gasteiger partial charge in [0.15, 0.2) is 29.9 Å². The van der Waals surface area contributed by atoms with Crippen LogP contribution in [0.5, 0.6) is 11.5 Å². The number of fused-ring (bicyclic) bond motifs is 2. The number of carboxylic acid groups (broad SMARTS) is 1. The summed E-state index contributed by atoms with van der Waals surface area (Å²) >= 11 is 0. The molecule has 0 bridgehead atoms. The van der Waals surface area contributed by atoms with E-state index in [1.165, 1.54) is 37.3 Å². The molecule has 2 fully saturated rings. The van der Waals surface area contributed by atoms with E-state index in [9.17, 15) is 39.6 Å². The predicted molar refractivity (Wildman–Crippen MR) is 175 cm³/mol. The van der Waals surface area contributed by atoms with Crippen LogP contribution in [0.25, 0.3) is 0 Å². The molecule has 14 nitrogen and oxygen atoms in total. The molecule has 0 saturated carbocycles. The Morgan fingerprint density at radius 2 is 1.57 bits per heavy atom. The molecule has 3 aliphatic heterocycles. The van der Waals surface area contributed by atoms with Crippen LogP contribution in [0.3, 0.4) is 0 Å². The van der Waals surface area contributed by atoms with Crippen molar-refractivity contribution in [3.8, 4) is 11.5 Å². The largest absolute Gasteiger partial charge is 0.507 e. The zero-order chi connectivity index (χ0) is 36.9. The van der Waals surface area contributed by atoms with Gasteiger partial charge >= 0.3 is 5.97 Å². The summed E-state index contributed by atoms with van der Waals surface area (Å²) in [4.78, 5) is 50.1. The van der Waals surface area contributed by atoms with Crippen molar-refractivity contribution in [1.82, 2.24) is 0 Å². The SMILES string of the molecule is C[C@@H]1O[C@@H](O[C@H]2CC[C@H](O[C@H]3[C@@H](O)C[C@H](c4ccc5c(c4O)C(=O)c4ccc(C[C@@](C)(O)CC(=O)O)c(O)c4C5=O)O[C@@H]3C)O[C@H]2C)C=CC1=O. The van der Waals surface area contributed by atoms with Crippen molar-refractivity contribution < 1.29 is 68.4 Å². The maximum absolute atomic E-state index is 13.7. The molecule has 1 aliphatic carbocycles. The molecule has 10 atom stereocenters. The first-order valence-corrected chi connectivity index (χ1v) is 17.0. The summed E-state index contributed by atoms with van der Waals surface area (Å²) in [5, 5.41) is 53.2. The first-order chi connectivity index (χ1) is 24.0. The molecule has 5 N–H and O–H groups in total. The number of phenolic OH excluding ortho intramolecular Hbond substituents is 2. The summed E-state index contributed by atoms with van der Waals surface area (Å²) < 4.78 is 30.0. The molecule has 0 spiro atoms. The molecule has 6 rings (SSSR count). The van der Waals surface area contributed by atoms with E-state index in [1.807, 2.05) is 6.92 Å². The Balaban J connectivity index is 1.12. The molecular weight excluding hydrogens is 668 g/mol. The number of carbonyl (C=O) groups is 4. The summed E-state index contributed by atoms with van der Waals surface area (Å²) in [6, 6.07) is 5.42. The van der Waals surface area contributed by atoms with E-state index in [2.05, 4.69) is 0 Å². The lowest BCUT2D eigenvalue weighted by atomic mass is 9.79. The van der Waals surface area contributed by atoms with Crippen molar-refractivity contribution in [2.45, 2.75) is 121 Å². The van der Waals surface area contributed by atoms with Gasteiger partial charge < -0.3 is 49.2 Å². The van der Waals surface area contributed by atoms with Gasteiger partial charge in [-0.05, 0) is 64.0 Å². The van der Waals surface area contributed by atoms with Crippen LogP contribution >= 0.6 is 0 Å². The van der Waals surface area contributed by atoms with Gasteiger partial charge in [0.1, 0.15) is 23.7 Å². The number of hydrogen-bond donors (Lipinski definition) is 5. The van der Waals surface area contributed by atoms with Gasteiger partial charge in [-0.1, -0.05) is 12.1 Å². The minimum Gasteiger partial charge on any atom is -0.507 e. The number of aliphatic carboxylic acids is 1. The lowest BCUT2D eigenvalue weighted by Gasteiger charge is -2.42. The highest BCUT2D eigenvalue weighted by Crippen LogP contribution is 2.44. The van der Waals surface area contributed by atoms with Crippen molar-refractivity contribution in [1.29, 1.82) is 0 Å². The number of ketones is 3. The van der Waals surface area contributed by atoms with Crippen LogP contribution < -0.4 is 0 Å². The van der Waals surface area contributed by atoms with E-state index in [1.54, 1.807) is 19.9 Å². The molecule has 51 heavy (non-hydrogen) atoms. The normalized spacial score (nSPS) is 31.9. The average Bonchev–Trinajstić information content (AvgIpc) is 3.04. The van der Waals surface area contributed by atoms with Crippen LogP contribution in [-0.4, -0.2) is 104 Å². The van der Waals surface area contributed by atoms with Crippen LogP contribution in [0.15, 0.2) is 36.4 Å². The Morgan fingerprint density at radius 1 is 0.902 bits per heavy atom. The van der Waals surface area contributed by atoms with Crippen LogP contribution in [-0.2, 0) is 39.7 Å². The fraction of sp³-hybridized carbons (Fsp3) is 0.514. The van der Waals surface area contributed by atoms with Gasteiger partial charge in [-0.2, -0.15) is 0 Å². The van der Waals surface area contributed by atoms with Crippen molar-refractivity contribution in [2.24, 2.45) is 0 Å². The summed E-state index contributed by atoms with van der Waals surface area (Å²) in [7, 11) is 0. The number of aliphatic hydroxyl groups excluding tert-OH is 1. The maximum atomic E-state index is 13.7. The van der Waals surface area contributed by atoms with E-state index >= 15 is 0 Å². The van der Waals surface area contributed by atoms with Crippen molar-refractivity contribution >= 4 is 23.3 Å². The Hall–Kier alpha value is -4.02. The number of carboxylic acids is 1. The standard InChI is InChI=1S/C37H42O14/c1-16-23(38)9-11-28(48-16)50-25-10-12-29(49-17(25)2)51-36-18(3)47-26(13-24(36)39)20-7-8-22-31(33(20)43)35(45)21-6-5-19(32(42)30(21)34(22)44)14-37(4,46)15-27(40)41/h5-9,11,16-18,24-26,28-29,36,39,42-43,46H,10,12-15H2,1-4H3,(H,40,41)/t16-,17-,18+,24-,25-,26+,28-,29-,36+,37+/m0/s1. The molecule has 0 radical (unpaired) electrons. The van der Waals surface area contributed by atoms with Gasteiger partial charge in [0.25, 0.3) is 0 Å². The second kappa shape index (κ2) is 14.2. The molecule has 0 unspecified atom stereocenters. The molecule has 274 valence electrons. The second-order valence-corrected chi connectivity index (χ2v) is 14.0. The molecule has 2 aromatic rings. The molecule has 0 aromatic heterocycles. The summed E-state index contributed by atoms with van der Waals surface area (Å²) in [6.07, 6.45) is -2.83. The number of benzene rings is 2. The molecule has 2 saturated heterocycles. The monoisotopic (exact) mass is 710 g/mol. The molecule has 0 amide bonds. The van der Waals surface area contributed by atoms with Crippen molar-refractivity contribution in [3.05, 3.63) is 69.8 Å². The van der Waals surface area contributed by atoms with Gasteiger partial charge in [-0.15, -0.1) is 0 Å². The lowest BCUT2D eigenvalue weighted by Crippen LogP contribution is -2.50. The van der Waals surface area contributed by atoms with E-state index in [-0.39, 0.29) is 64.2 Å². The summed E-state index contributed by atoms with van der Waals surface area (Å²) in [5.74, 6) is -3.86. The third-order valence-corrected chi connectivity index (χ3v) is 9.89. The van der Waals surface area contributed by atoms with Gasteiger partial charge in [-0.3, -0.25) is 19.2 Å². The molecule has 2 aromatic carbocycles. The quantitative estimate of drug-likeness (QED) is 0.216. The number of aliphatic hydroxyl groups is 2. The summed E-state index contributed by atoms with van der Waals surface area (Å²) in [6.45, 7) is 6.50. The van der Waals surface area contributed by atoms with Crippen LogP contribution in [0.4, 0.5) is 0 Å². The number of rotatable bonds is 9. The minimum absolute atomic E-state index is 0.00321. The molecule has 4 aliphatic rings. The third-order valence-electron chi connectivity index (χ3n) is 9.89. The van der Waals surface area contributed by atoms with Crippen molar-refractivity contribution in [2.75, 3.05) is 0 Å². The highest BCUT2D eigenvalue weighted by atomic mass is 16.7. The van der Waals surface area contributed by atoms with E-state index in [4.69, 9.17) is 28.8 Å². The van der Waals surface area contributed by atoms with Gasteiger partial charge in [0.2, 0.25) is 0 Å². The Kier molecular flexibility index (Phi) is 10.2. The topological polar surface area (TPSA) is 216 Å². The number of phenols is 2. The molecule has 14 heteroatoms. The first-order valence-electron chi connectivity index (χ1n) is 17.0. The number of ether oxygens (including phenoxy) is 5. The first kappa shape index (κ1) is 36.8. The maximum Gasteiger partial charge on any atom is 0.306 e.